The minimum atomic E-state index is -0.511. The fourth-order valence-electron chi connectivity index (χ4n) is 3.29. The van der Waals surface area contributed by atoms with Gasteiger partial charge in [-0.2, -0.15) is 0 Å². The van der Waals surface area contributed by atoms with E-state index in [1.54, 1.807) is 7.11 Å². The second-order valence-corrected chi connectivity index (χ2v) is 5.90. The maximum atomic E-state index is 10.5. The number of ether oxygens (including phenoxy) is 1. The van der Waals surface area contributed by atoms with Crippen LogP contribution in [0.1, 0.15) is 31.4 Å². The molecule has 1 saturated heterocycles. The first kappa shape index (κ1) is 16.3. The predicted octanol–water partition coefficient (Wildman–Crippen LogP) is 2.14. The monoisotopic (exact) mass is 292 g/mol. The molecule has 2 rings (SSSR count). The number of likely N-dealkylation sites (N-methyl/N-ethyl adjacent to an activating group) is 2. The Labute approximate surface area is 128 Å². The third-order valence-corrected chi connectivity index (χ3v) is 4.41. The van der Waals surface area contributed by atoms with E-state index >= 15 is 0 Å². The summed E-state index contributed by atoms with van der Waals surface area (Å²) in [5, 5.41) is 10.5. The molecule has 1 aliphatic rings. The smallest absolute Gasteiger partial charge is 0.124 e. The Hall–Kier alpha value is -1.10. The second-order valence-electron chi connectivity index (χ2n) is 5.90. The zero-order valence-corrected chi connectivity index (χ0v) is 13.5. The van der Waals surface area contributed by atoms with Gasteiger partial charge in [0.15, 0.2) is 0 Å². The molecule has 4 nitrogen and oxygen atoms in total. The van der Waals surface area contributed by atoms with Gasteiger partial charge in [0, 0.05) is 24.7 Å². The summed E-state index contributed by atoms with van der Waals surface area (Å²) in [5.74, 6) is 0.759. The van der Waals surface area contributed by atoms with Crippen molar-refractivity contribution in [1.29, 1.82) is 0 Å². The number of hydrogen-bond donors (Lipinski definition) is 1. The third-order valence-electron chi connectivity index (χ3n) is 4.41. The van der Waals surface area contributed by atoms with Crippen LogP contribution in [-0.4, -0.2) is 61.3 Å². The third kappa shape index (κ3) is 4.19. The van der Waals surface area contributed by atoms with Crippen molar-refractivity contribution < 1.29 is 9.84 Å². The van der Waals surface area contributed by atoms with Gasteiger partial charge >= 0.3 is 0 Å². The lowest BCUT2D eigenvalue weighted by molar-refractivity contribution is 0.107. The molecule has 0 amide bonds. The molecule has 0 radical (unpaired) electrons. The van der Waals surface area contributed by atoms with Crippen LogP contribution in [0.15, 0.2) is 24.3 Å². The highest BCUT2D eigenvalue weighted by molar-refractivity contribution is 5.35. The molecular formula is C17H28N2O2. The second kappa shape index (κ2) is 7.78. The van der Waals surface area contributed by atoms with Crippen LogP contribution in [0, 0.1) is 0 Å². The molecule has 0 aliphatic carbocycles. The van der Waals surface area contributed by atoms with E-state index in [1.807, 2.05) is 24.3 Å². The maximum Gasteiger partial charge on any atom is 0.124 e. The first-order valence-electron chi connectivity index (χ1n) is 7.89. The lowest BCUT2D eigenvalue weighted by Gasteiger charge is -2.29. The Morgan fingerprint density at radius 3 is 2.90 bits per heavy atom. The van der Waals surface area contributed by atoms with E-state index < -0.39 is 6.10 Å². The number of nitrogens with zero attached hydrogens (tertiary/aromatic N) is 2. The van der Waals surface area contributed by atoms with Crippen LogP contribution in [0.2, 0.25) is 0 Å². The highest BCUT2D eigenvalue weighted by Crippen LogP contribution is 2.25. The Balaban J connectivity index is 1.91. The van der Waals surface area contributed by atoms with Gasteiger partial charge in [-0.1, -0.05) is 25.1 Å². The molecule has 1 N–H and O–H groups in total. The van der Waals surface area contributed by atoms with Crippen molar-refractivity contribution in [3.63, 3.8) is 0 Å². The van der Waals surface area contributed by atoms with Crippen molar-refractivity contribution in [2.75, 3.05) is 40.3 Å². The first-order chi connectivity index (χ1) is 10.2. The van der Waals surface area contributed by atoms with Gasteiger partial charge in [-0.25, -0.2) is 0 Å². The van der Waals surface area contributed by atoms with Crippen LogP contribution in [0.5, 0.6) is 5.75 Å². The SMILES string of the molecule is CCN1CCCC1CN(C)CC(O)c1ccccc1OC. The Morgan fingerprint density at radius 1 is 1.43 bits per heavy atom. The highest BCUT2D eigenvalue weighted by atomic mass is 16.5. The largest absolute Gasteiger partial charge is 0.496 e. The fraction of sp³-hybridized carbons (Fsp3) is 0.647. The van der Waals surface area contributed by atoms with Gasteiger partial charge in [-0.15, -0.1) is 0 Å². The van der Waals surface area contributed by atoms with Crippen molar-refractivity contribution in [2.24, 2.45) is 0 Å². The van der Waals surface area contributed by atoms with Crippen molar-refractivity contribution in [3.05, 3.63) is 29.8 Å². The van der Waals surface area contributed by atoms with E-state index in [4.69, 9.17) is 4.74 Å². The van der Waals surface area contributed by atoms with Gasteiger partial charge in [0.1, 0.15) is 5.75 Å². The van der Waals surface area contributed by atoms with Gasteiger partial charge in [-0.3, -0.25) is 4.90 Å². The number of aliphatic hydroxyl groups excluding tert-OH is 1. The summed E-state index contributed by atoms with van der Waals surface area (Å²) in [7, 11) is 3.73. The van der Waals surface area contributed by atoms with Crippen LogP contribution < -0.4 is 4.74 Å². The number of aliphatic hydroxyl groups is 1. The summed E-state index contributed by atoms with van der Waals surface area (Å²) in [5.41, 5.74) is 0.866. The summed E-state index contributed by atoms with van der Waals surface area (Å²) < 4.78 is 5.33. The molecule has 2 unspecified atom stereocenters. The molecule has 1 aromatic carbocycles. The van der Waals surface area contributed by atoms with Crippen LogP contribution in [0.4, 0.5) is 0 Å². The maximum absolute atomic E-state index is 10.5. The van der Waals surface area contributed by atoms with Gasteiger partial charge in [0.05, 0.1) is 13.2 Å². The average Bonchev–Trinajstić information content (AvgIpc) is 2.94. The minimum absolute atomic E-state index is 0.511. The zero-order chi connectivity index (χ0) is 15.2. The molecule has 0 aromatic heterocycles. The molecule has 21 heavy (non-hydrogen) atoms. The van der Waals surface area contributed by atoms with Crippen LogP contribution in [-0.2, 0) is 0 Å². The molecule has 118 valence electrons. The predicted molar refractivity (Wildman–Crippen MR) is 85.7 cm³/mol. The van der Waals surface area contributed by atoms with E-state index in [0.717, 1.165) is 24.4 Å². The van der Waals surface area contributed by atoms with E-state index in [1.165, 1.54) is 19.4 Å². The number of methoxy groups -OCH3 is 1. The number of benzene rings is 1. The van der Waals surface area contributed by atoms with Crippen LogP contribution in [0.3, 0.4) is 0 Å². The average molecular weight is 292 g/mol. The number of rotatable bonds is 7. The van der Waals surface area contributed by atoms with Crippen LogP contribution in [0.25, 0.3) is 0 Å². The standard InChI is InChI=1S/C17H28N2O2/c1-4-19-11-7-8-14(19)12-18(2)13-16(20)15-9-5-6-10-17(15)21-3/h5-6,9-10,14,16,20H,4,7-8,11-13H2,1-3H3. The normalized spacial score (nSPS) is 20.9. The van der Waals surface area contributed by atoms with E-state index in [2.05, 4.69) is 23.8 Å². The van der Waals surface area contributed by atoms with Crippen molar-refractivity contribution >= 4 is 0 Å². The van der Waals surface area contributed by atoms with E-state index in [0.29, 0.717) is 12.6 Å². The number of hydrogen-bond acceptors (Lipinski definition) is 4. The quantitative estimate of drug-likeness (QED) is 0.835. The summed E-state index contributed by atoms with van der Waals surface area (Å²) in [4.78, 5) is 4.77. The molecule has 4 heteroatoms. The van der Waals surface area contributed by atoms with E-state index in [-0.39, 0.29) is 0 Å². The minimum Gasteiger partial charge on any atom is -0.496 e. The molecule has 0 bridgehead atoms. The topological polar surface area (TPSA) is 35.9 Å². The van der Waals surface area contributed by atoms with Crippen molar-refractivity contribution in [1.82, 2.24) is 9.80 Å². The summed E-state index contributed by atoms with van der Waals surface area (Å²) in [6.07, 6.45) is 2.05. The Bertz CT molecular complexity index is 439. The Morgan fingerprint density at radius 2 is 2.19 bits per heavy atom. The lowest BCUT2D eigenvalue weighted by atomic mass is 10.1. The van der Waals surface area contributed by atoms with Gasteiger partial charge in [0.2, 0.25) is 0 Å². The summed E-state index contributed by atoms with van der Waals surface area (Å²) in [6, 6.07) is 8.33. The molecule has 1 aliphatic heterocycles. The van der Waals surface area contributed by atoms with E-state index in [9.17, 15) is 5.11 Å². The van der Waals surface area contributed by atoms with Crippen LogP contribution >= 0.6 is 0 Å². The molecule has 1 heterocycles. The zero-order valence-electron chi connectivity index (χ0n) is 13.5. The molecule has 1 fully saturated rings. The number of para-hydroxylation sites is 1. The molecule has 2 atom stereocenters. The first-order valence-corrected chi connectivity index (χ1v) is 7.89. The summed E-state index contributed by atoms with van der Waals surface area (Å²) in [6.45, 7) is 6.20. The molecule has 0 spiro atoms. The Kier molecular flexibility index (Phi) is 6.03. The van der Waals surface area contributed by atoms with Crippen molar-refractivity contribution in [3.8, 4) is 5.75 Å². The van der Waals surface area contributed by atoms with Gasteiger partial charge in [-0.05, 0) is 39.0 Å². The molecule has 0 saturated carbocycles. The fourth-order valence-corrected chi connectivity index (χ4v) is 3.29. The highest BCUT2D eigenvalue weighted by Gasteiger charge is 2.25. The number of likely N-dealkylation sites (tertiary alicyclic amines) is 1. The van der Waals surface area contributed by atoms with Gasteiger partial charge < -0.3 is 14.7 Å². The molecular weight excluding hydrogens is 264 g/mol. The van der Waals surface area contributed by atoms with Gasteiger partial charge in [0.25, 0.3) is 0 Å². The van der Waals surface area contributed by atoms with Crippen molar-refractivity contribution in [2.45, 2.75) is 31.9 Å². The summed E-state index contributed by atoms with van der Waals surface area (Å²) >= 11 is 0. The molecule has 1 aromatic rings. The lowest BCUT2D eigenvalue weighted by Crippen LogP contribution is -2.40.